The minimum atomic E-state index is -0.100. The summed E-state index contributed by atoms with van der Waals surface area (Å²) in [5.74, 6) is -0.100. The van der Waals surface area contributed by atoms with Crippen molar-refractivity contribution in [2.45, 2.75) is 19.9 Å². The second-order valence-electron chi connectivity index (χ2n) is 5.62. The highest BCUT2D eigenvalue weighted by Gasteiger charge is 2.18. The van der Waals surface area contributed by atoms with Crippen LogP contribution in [0.3, 0.4) is 0 Å². The summed E-state index contributed by atoms with van der Waals surface area (Å²) < 4.78 is 1.08. The summed E-state index contributed by atoms with van der Waals surface area (Å²) in [5, 5.41) is 7.32. The molecule has 0 atom stereocenters. The third kappa shape index (κ3) is 2.71. The molecule has 0 saturated carbocycles. The number of pyridine rings is 1. The molecule has 3 aromatic rings. The number of benzene rings is 1. The number of hydrogen-bond acceptors (Lipinski definition) is 5. The van der Waals surface area contributed by atoms with E-state index in [1.165, 1.54) is 0 Å². The predicted molar refractivity (Wildman–Crippen MR) is 92.0 cm³/mol. The van der Waals surface area contributed by atoms with Crippen LogP contribution in [0.5, 0.6) is 0 Å². The van der Waals surface area contributed by atoms with Crippen LogP contribution >= 0.6 is 11.3 Å². The molecular weight excluding hydrogens is 308 g/mol. The zero-order chi connectivity index (χ0) is 15.8. The maximum Gasteiger partial charge on any atom is 0.257 e. The monoisotopic (exact) mass is 324 g/mol. The maximum atomic E-state index is 12.6. The van der Waals surface area contributed by atoms with Gasteiger partial charge in [0.05, 0.1) is 20.8 Å². The Morgan fingerprint density at radius 1 is 1.35 bits per heavy atom. The van der Waals surface area contributed by atoms with Crippen molar-refractivity contribution in [1.82, 2.24) is 15.3 Å². The number of aromatic nitrogens is 2. The van der Waals surface area contributed by atoms with E-state index in [2.05, 4.69) is 20.6 Å². The topological polar surface area (TPSA) is 66.9 Å². The van der Waals surface area contributed by atoms with Gasteiger partial charge in [-0.1, -0.05) is 0 Å². The average molecular weight is 324 g/mol. The van der Waals surface area contributed by atoms with E-state index in [1.807, 2.05) is 31.3 Å². The van der Waals surface area contributed by atoms with Crippen LogP contribution in [0.2, 0.25) is 0 Å². The molecule has 6 heteroatoms. The predicted octanol–water partition coefficient (Wildman–Crippen LogP) is 2.90. The van der Waals surface area contributed by atoms with Crippen molar-refractivity contribution in [2.75, 3.05) is 11.9 Å². The van der Waals surface area contributed by atoms with Gasteiger partial charge in [0, 0.05) is 24.6 Å². The van der Waals surface area contributed by atoms with Gasteiger partial charge in [-0.15, -0.1) is 11.3 Å². The van der Waals surface area contributed by atoms with Gasteiger partial charge >= 0.3 is 0 Å². The second-order valence-corrected chi connectivity index (χ2v) is 6.86. The van der Waals surface area contributed by atoms with E-state index < -0.39 is 0 Å². The van der Waals surface area contributed by atoms with Gasteiger partial charge in [0.2, 0.25) is 0 Å². The van der Waals surface area contributed by atoms with Gasteiger partial charge in [0.1, 0.15) is 0 Å². The Balaban J connectivity index is 1.64. The lowest BCUT2D eigenvalue weighted by atomic mass is 9.98. The quantitative estimate of drug-likeness (QED) is 0.760. The Hall–Kier alpha value is -2.31. The van der Waals surface area contributed by atoms with Gasteiger partial charge in [0.25, 0.3) is 5.91 Å². The van der Waals surface area contributed by atoms with Crippen molar-refractivity contribution in [3.05, 3.63) is 52.3 Å². The number of anilines is 1. The molecule has 0 fully saturated rings. The van der Waals surface area contributed by atoms with E-state index in [1.54, 1.807) is 17.5 Å². The highest BCUT2D eigenvalue weighted by Crippen LogP contribution is 2.25. The van der Waals surface area contributed by atoms with Crippen molar-refractivity contribution in [2.24, 2.45) is 0 Å². The summed E-state index contributed by atoms with van der Waals surface area (Å²) in [7, 11) is 0. The molecule has 1 amide bonds. The van der Waals surface area contributed by atoms with Crippen molar-refractivity contribution in [1.29, 1.82) is 0 Å². The molecule has 23 heavy (non-hydrogen) atoms. The number of nitrogens with one attached hydrogen (secondary N) is 2. The summed E-state index contributed by atoms with van der Waals surface area (Å²) in [5.41, 5.74) is 4.64. The van der Waals surface area contributed by atoms with Crippen LogP contribution in [0.1, 0.15) is 26.5 Å². The summed E-state index contributed by atoms with van der Waals surface area (Å²) in [6.45, 7) is 3.65. The molecule has 0 radical (unpaired) electrons. The molecule has 0 saturated heterocycles. The summed E-state index contributed by atoms with van der Waals surface area (Å²) >= 11 is 1.63. The molecule has 1 aliphatic heterocycles. The minimum absolute atomic E-state index is 0.100. The van der Waals surface area contributed by atoms with Crippen LogP contribution < -0.4 is 10.6 Å². The number of hydrogen-bond donors (Lipinski definition) is 2. The van der Waals surface area contributed by atoms with Gasteiger partial charge in [-0.2, -0.15) is 0 Å². The highest BCUT2D eigenvalue weighted by molar-refractivity contribution is 7.18. The van der Waals surface area contributed by atoms with Crippen LogP contribution in [-0.2, 0) is 13.0 Å². The molecule has 5 nitrogen and oxygen atoms in total. The average Bonchev–Trinajstić information content (AvgIpc) is 2.93. The van der Waals surface area contributed by atoms with Crippen molar-refractivity contribution in [3.63, 3.8) is 0 Å². The van der Waals surface area contributed by atoms with E-state index in [0.717, 1.165) is 51.5 Å². The Morgan fingerprint density at radius 3 is 3.17 bits per heavy atom. The van der Waals surface area contributed by atoms with Crippen LogP contribution in [0.15, 0.2) is 30.6 Å². The molecule has 2 N–H and O–H groups in total. The van der Waals surface area contributed by atoms with Crippen LogP contribution in [-0.4, -0.2) is 22.4 Å². The molecule has 116 valence electrons. The Kier molecular flexibility index (Phi) is 3.55. The third-order valence-corrected chi connectivity index (χ3v) is 4.95. The van der Waals surface area contributed by atoms with Gasteiger partial charge in [-0.3, -0.25) is 9.78 Å². The van der Waals surface area contributed by atoms with Crippen LogP contribution in [0.25, 0.3) is 10.2 Å². The largest absolute Gasteiger partial charge is 0.322 e. The van der Waals surface area contributed by atoms with Gasteiger partial charge in [0.15, 0.2) is 0 Å². The van der Waals surface area contributed by atoms with Crippen molar-refractivity contribution < 1.29 is 4.79 Å². The fourth-order valence-corrected chi connectivity index (χ4v) is 3.79. The first kappa shape index (κ1) is 14.3. The molecule has 4 rings (SSSR count). The smallest absolute Gasteiger partial charge is 0.257 e. The molecule has 0 aliphatic carbocycles. The Labute approximate surface area is 137 Å². The van der Waals surface area contributed by atoms with Crippen LogP contribution in [0, 0.1) is 6.92 Å². The maximum absolute atomic E-state index is 12.6. The number of thiazole rings is 1. The summed E-state index contributed by atoms with van der Waals surface area (Å²) in [4.78, 5) is 21.3. The summed E-state index contributed by atoms with van der Waals surface area (Å²) in [6, 6.07) is 5.81. The number of amides is 1. The molecule has 0 unspecified atom stereocenters. The molecule has 0 spiro atoms. The Bertz CT molecular complexity index is 903. The Morgan fingerprint density at radius 2 is 2.26 bits per heavy atom. The number of aryl methyl sites for hydroxylation is 1. The van der Waals surface area contributed by atoms with Crippen LogP contribution in [0.4, 0.5) is 5.69 Å². The molecule has 2 aromatic heterocycles. The van der Waals surface area contributed by atoms with Crippen molar-refractivity contribution in [3.8, 4) is 0 Å². The lowest BCUT2D eigenvalue weighted by Crippen LogP contribution is -2.27. The molecule has 3 heterocycles. The van der Waals surface area contributed by atoms with E-state index >= 15 is 0 Å². The van der Waals surface area contributed by atoms with E-state index in [0.29, 0.717) is 5.56 Å². The summed E-state index contributed by atoms with van der Waals surface area (Å²) in [6.07, 6.45) is 4.35. The fraction of sp³-hybridized carbons (Fsp3) is 0.235. The molecular formula is C17H16N4OS. The van der Waals surface area contributed by atoms with Gasteiger partial charge < -0.3 is 10.6 Å². The number of fused-ring (bicyclic) bond motifs is 2. The third-order valence-electron chi connectivity index (χ3n) is 4.01. The van der Waals surface area contributed by atoms with E-state index in [-0.39, 0.29) is 5.91 Å². The van der Waals surface area contributed by atoms with E-state index in [4.69, 9.17) is 0 Å². The van der Waals surface area contributed by atoms with Crippen molar-refractivity contribution >= 4 is 33.1 Å². The number of carbonyl (C=O) groups excluding carboxylic acids is 1. The molecule has 0 bridgehead atoms. The lowest BCUT2D eigenvalue weighted by molar-refractivity contribution is 0.102. The second kappa shape index (κ2) is 5.72. The first-order valence-electron chi connectivity index (χ1n) is 7.56. The number of nitrogens with zero attached hydrogens (tertiary/aromatic N) is 2. The highest BCUT2D eigenvalue weighted by atomic mass is 32.1. The van der Waals surface area contributed by atoms with Gasteiger partial charge in [-0.25, -0.2) is 4.98 Å². The molecule has 1 aromatic carbocycles. The first-order chi connectivity index (χ1) is 11.2. The normalized spacial score (nSPS) is 13.8. The standard InChI is InChI=1S/C17H16N4OS/c1-10-20-15-3-2-12(6-16(15)23-10)21-17(22)14-9-19-8-11-7-18-5-4-13(11)14/h2-3,6,8-9,18H,4-5,7H2,1H3,(H,21,22). The first-order valence-corrected chi connectivity index (χ1v) is 8.37. The van der Waals surface area contributed by atoms with Gasteiger partial charge in [-0.05, 0) is 49.2 Å². The molecule has 1 aliphatic rings. The zero-order valence-corrected chi connectivity index (χ0v) is 13.5. The zero-order valence-electron chi connectivity index (χ0n) is 12.7. The SMILES string of the molecule is Cc1nc2ccc(NC(=O)c3cncc4c3CCNC4)cc2s1. The fourth-order valence-electron chi connectivity index (χ4n) is 2.93. The lowest BCUT2D eigenvalue weighted by Gasteiger charge is -2.19. The van der Waals surface area contributed by atoms with E-state index in [9.17, 15) is 4.79 Å². The minimum Gasteiger partial charge on any atom is -0.322 e. The number of rotatable bonds is 2. The number of carbonyl (C=O) groups is 1.